The maximum Gasteiger partial charge on any atom is 0.255 e. The van der Waals surface area contributed by atoms with Gasteiger partial charge in [0.1, 0.15) is 0 Å². The number of pyridine rings is 1. The average molecular weight is 322 g/mol. The number of benzene rings is 1. The molecule has 0 bridgehead atoms. The van der Waals surface area contributed by atoms with Gasteiger partial charge in [0.05, 0.1) is 5.56 Å². The van der Waals surface area contributed by atoms with E-state index in [-0.39, 0.29) is 36.0 Å². The summed E-state index contributed by atoms with van der Waals surface area (Å²) in [7, 11) is 0. The highest BCUT2D eigenvalue weighted by Gasteiger charge is 2.28. The number of halogens is 1. The highest BCUT2D eigenvalue weighted by atomic mass is 35.5. The van der Waals surface area contributed by atoms with Gasteiger partial charge in [0, 0.05) is 42.1 Å². The lowest BCUT2D eigenvalue weighted by atomic mass is 10.0. The van der Waals surface area contributed by atoms with E-state index in [1.54, 1.807) is 0 Å². The lowest BCUT2D eigenvalue weighted by molar-refractivity contribution is 0.0618. The van der Waals surface area contributed by atoms with E-state index in [9.17, 15) is 9.59 Å². The maximum absolute atomic E-state index is 12.9. The number of para-hydroxylation sites is 1. The smallest absolute Gasteiger partial charge is 0.255 e. The fourth-order valence-corrected chi connectivity index (χ4v) is 2.84. The summed E-state index contributed by atoms with van der Waals surface area (Å²) in [5, 5.41) is 4.15. The van der Waals surface area contributed by atoms with Crippen LogP contribution in [0.15, 0.2) is 35.1 Å². The van der Waals surface area contributed by atoms with E-state index in [0.717, 1.165) is 11.9 Å². The number of carbonyl (C=O) groups is 1. The highest BCUT2D eigenvalue weighted by molar-refractivity contribution is 6.06. The van der Waals surface area contributed by atoms with Gasteiger partial charge in [-0.3, -0.25) is 9.59 Å². The molecule has 118 valence electrons. The molecule has 1 fully saturated rings. The molecule has 1 aromatic carbocycles. The number of hydrogen-bond acceptors (Lipinski definition) is 3. The van der Waals surface area contributed by atoms with E-state index in [4.69, 9.17) is 0 Å². The van der Waals surface area contributed by atoms with Crippen LogP contribution in [-0.2, 0) is 0 Å². The summed E-state index contributed by atoms with van der Waals surface area (Å²) >= 11 is 0. The number of hydrogen-bond donors (Lipinski definition) is 2. The lowest BCUT2D eigenvalue weighted by Gasteiger charge is -2.37. The second-order valence-corrected chi connectivity index (χ2v) is 5.71. The van der Waals surface area contributed by atoms with E-state index in [1.807, 2.05) is 36.1 Å². The standard InChI is InChI=1S/C16H19N3O2.ClH/c1-10-9-19(11(2)8-17-10)16(21)13-7-15(20)18-14-6-4-3-5-12(13)14;/h3-7,10-11,17H,8-9H2,1-2H3,(H,18,20);1H. The number of aromatic nitrogens is 1. The summed E-state index contributed by atoms with van der Waals surface area (Å²) in [4.78, 5) is 29.3. The van der Waals surface area contributed by atoms with Gasteiger partial charge in [-0.1, -0.05) is 18.2 Å². The van der Waals surface area contributed by atoms with Crippen molar-refractivity contribution in [2.45, 2.75) is 25.9 Å². The molecule has 22 heavy (non-hydrogen) atoms. The van der Waals surface area contributed by atoms with E-state index >= 15 is 0 Å². The minimum absolute atomic E-state index is 0. The van der Waals surface area contributed by atoms with Crippen molar-refractivity contribution in [2.75, 3.05) is 13.1 Å². The van der Waals surface area contributed by atoms with Crippen LogP contribution in [0.25, 0.3) is 10.9 Å². The SMILES string of the molecule is CC1CN(C(=O)c2cc(=O)[nH]c3ccccc23)C(C)CN1.Cl. The Balaban J connectivity index is 0.00000176. The number of rotatable bonds is 1. The van der Waals surface area contributed by atoms with Gasteiger partial charge in [-0.2, -0.15) is 0 Å². The van der Waals surface area contributed by atoms with Gasteiger partial charge in [-0.25, -0.2) is 0 Å². The molecule has 1 aliphatic rings. The molecule has 2 N–H and O–H groups in total. The molecule has 1 amide bonds. The predicted octanol–water partition coefficient (Wildman–Crippen LogP) is 1.77. The zero-order valence-corrected chi connectivity index (χ0v) is 13.4. The van der Waals surface area contributed by atoms with Crippen molar-refractivity contribution in [1.82, 2.24) is 15.2 Å². The summed E-state index contributed by atoms with van der Waals surface area (Å²) in [6.45, 7) is 5.50. The third-order valence-corrected chi connectivity index (χ3v) is 4.01. The number of nitrogens with zero attached hydrogens (tertiary/aromatic N) is 1. The van der Waals surface area contributed by atoms with Crippen molar-refractivity contribution in [3.63, 3.8) is 0 Å². The van der Waals surface area contributed by atoms with Gasteiger partial charge in [0.15, 0.2) is 0 Å². The Bertz CT molecular complexity index is 743. The van der Waals surface area contributed by atoms with Crippen LogP contribution in [0.5, 0.6) is 0 Å². The van der Waals surface area contributed by atoms with Crippen LogP contribution in [0, 0.1) is 0 Å². The second-order valence-electron chi connectivity index (χ2n) is 5.71. The minimum atomic E-state index is -0.243. The molecule has 5 nitrogen and oxygen atoms in total. The summed E-state index contributed by atoms with van der Waals surface area (Å²) in [6, 6.07) is 9.20. The summed E-state index contributed by atoms with van der Waals surface area (Å²) in [6.07, 6.45) is 0. The molecule has 6 heteroatoms. The lowest BCUT2D eigenvalue weighted by Crippen LogP contribution is -2.56. The number of aromatic amines is 1. The quantitative estimate of drug-likeness (QED) is 0.841. The minimum Gasteiger partial charge on any atom is -0.333 e. The molecular formula is C16H20ClN3O2. The molecule has 2 unspecified atom stereocenters. The predicted molar refractivity (Wildman–Crippen MR) is 89.8 cm³/mol. The van der Waals surface area contributed by atoms with Crippen LogP contribution in [-0.4, -0.2) is 41.0 Å². The number of H-pyrrole nitrogens is 1. The number of piperazine rings is 1. The second kappa shape index (κ2) is 6.50. The normalized spacial score (nSPS) is 21.5. The van der Waals surface area contributed by atoms with Gasteiger partial charge >= 0.3 is 0 Å². The molecule has 0 spiro atoms. The van der Waals surface area contributed by atoms with E-state index < -0.39 is 0 Å². The monoisotopic (exact) mass is 321 g/mol. The topological polar surface area (TPSA) is 65.2 Å². The zero-order chi connectivity index (χ0) is 15.0. The Hall–Kier alpha value is -1.85. The molecule has 2 aromatic rings. The number of fused-ring (bicyclic) bond motifs is 1. The van der Waals surface area contributed by atoms with Crippen LogP contribution < -0.4 is 10.9 Å². The van der Waals surface area contributed by atoms with Gasteiger partial charge in [0.2, 0.25) is 5.56 Å². The molecule has 0 saturated carbocycles. The van der Waals surface area contributed by atoms with Crippen LogP contribution in [0.3, 0.4) is 0 Å². The van der Waals surface area contributed by atoms with E-state index in [1.165, 1.54) is 6.07 Å². The van der Waals surface area contributed by atoms with Crippen molar-refractivity contribution >= 4 is 29.2 Å². The molecular weight excluding hydrogens is 302 g/mol. The van der Waals surface area contributed by atoms with Crippen molar-refractivity contribution in [2.24, 2.45) is 0 Å². The van der Waals surface area contributed by atoms with E-state index in [0.29, 0.717) is 17.6 Å². The first-order valence-corrected chi connectivity index (χ1v) is 7.22. The first-order valence-electron chi connectivity index (χ1n) is 7.22. The maximum atomic E-state index is 12.9. The van der Waals surface area contributed by atoms with Gasteiger partial charge in [-0.15, -0.1) is 12.4 Å². The molecule has 0 aliphatic carbocycles. The van der Waals surface area contributed by atoms with E-state index in [2.05, 4.69) is 17.2 Å². The molecule has 2 heterocycles. The number of nitrogens with one attached hydrogen (secondary N) is 2. The highest BCUT2D eigenvalue weighted by Crippen LogP contribution is 2.19. The fraction of sp³-hybridized carbons (Fsp3) is 0.375. The molecule has 0 radical (unpaired) electrons. The fourth-order valence-electron chi connectivity index (χ4n) is 2.84. The van der Waals surface area contributed by atoms with Gasteiger partial charge in [-0.05, 0) is 19.9 Å². The van der Waals surface area contributed by atoms with Crippen LogP contribution in [0.4, 0.5) is 0 Å². The largest absolute Gasteiger partial charge is 0.333 e. The van der Waals surface area contributed by atoms with Crippen LogP contribution in [0.2, 0.25) is 0 Å². The molecule has 3 rings (SSSR count). The summed E-state index contributed by atoms with van der Waals surface area (Å²) < 4.78 is 0. The molecule has 2 atom stereocenters. The Kier molecular flexibility index (Phi) is 4.88. The first-order chi connectivity index (χ1) is 10.1. The first kappa shape index (κ1) is 16.5. The van der Waals surface area contributed by atoms with Gasteiger partial charge in [0.25, 0.3) is 5.91 Å². The van der Waals surface area contributed by atoms with Crippen molar-refractivity contribution in [3.8, 4) is 0 Å². The van der Waals surface area contributed by atoms with Gasteiger partial charge < -0.3 is 15.2 Å². The van der Waals surface area contributed by atoms with Crippen LogP contribution >= 0.6 is 12.4 Å². The van der Waals surface area contributed by atoms with Crippen molar-refractivity contribution in [1.29, 1.82) is 0 Å². The summed E-state index contributed by atoms with van der Waals surface area (Å²) in [5.41, 5.74) is 0.937. The Morgan fingerprint density at radius 3 is 2.77 bits per heavy atom. The number of amides is 1. The number of carbonyl (C=O) groups excluding carboxylic acids is 1. The van der Waals surface area contributed by atoms with Crippen LogP contribution in [0.1, 0.15) is 24.2 Å². The summed E-state index contributed by atoms with van der Waals surface area (Å²) in [5.74, 6) is -0.0712. The Morgan fingerprint density at radius 1 is 1.27 bits per heavy atom. The molecule has 1 aromatic heterocycles. The van der Waals surface area contributed by atoms with Crippen molar-refractivity contribution in [3.05, 3.63) is 46.2 Å². The Labute approximate surface area is 135 Å². The third kappa shape index (κ3) is 3.00. The third-order valence-electron chi connectivity index (χ3n) is 4.01. The molecule has 1 aliphatic heterocycles. The zero-order valence-electron chi connectivity index (χ0n) is 12.6. The van der Waals surface area contributed by atoms with Crippen molar-refractivity contribution < 1.29 is 4.79 Å². The molecule has 1 saturated heterocycles. The Morgan fingerprint density at radius 2 is 2.00 bits per heavy atom. The average Bonchev–Trinajstić information content (AvgIpc) is 2.48.